The Morgan fingerprint density at radius 2 is 2.09 bits per heavy atom. The highest BCUT2D eigenvalue weighted by molar-refractivity contribution is 5.82. The minimum atomic E-state index is -0.142. The van der Waals surface area contributed by atoms with Crippen LogP contribution in [0.5, 0.6) is 0 Å². The number of H-pyrrole nitrogens is 1. The smallest absolute Gasteiger partial charge is 0.126 e. The molecule has 1 aromatic carbocycles. The molecule has 0 aliphatic rings. The molecule has 0 atom stereocenters. The fourth-order valence-corrected chi connectivity index (χ4v) is 1.26. The molecule has 0 fully saturated rings. The van der Waals surface area contributed by atoms with E-state index < -0.39 is 0 Å². The minimum Gasteiger partial charge on any atom is -0.361 e. The van der Waals surface area contributed by atoms with Crippen molar-refractivity contribution < 1.29 is 4.39 Å². The van der Waals surface area contributed by atoms with E-state index in [1.165, 1.54) is 6.07 Å². The van der Waals surface area contributed by atoms with E-state index in [4.69, 9.17) is 0 Å². The van der Waals surface area contributed by atoms with Crippen LogP contribution in [-0.2, 0) is 0 Å². The number of rotatable bonds is 0. The number of nitrogens with one attached hydrogen (secondary N) is 1. The van der Waals surface area contributed by atoms with Gasteiger partial charge < -0.3 is 4.98 Å². The maximum Gasteiger partial charge on any atom is 0.126 e. The molecule has 1 nitrogen and oxygen atoms in total. The number of halogens is 1. The molecule has 0 aliphatic heterocycles. The van der Waals surface area contributed by atoms with Crippen molar-refractivity contribution >= 4 is 10.9 Å². The zero-order valence-corrected chi connectivity index (χ0v) is 6.19. The van der Waals surface area contributed by atoms with Crippen molar-refractivity contribution in [3.05, 3.63) is 35.8 Å². The SMILES string of the molecule is Cc1c(F)ccc2[nH]ccc12. The predicted molar refractivity (Wildman–Crippen MR) is 43.0 cm³/mol. The number of aromatic amines is 1. The standard InChI is InChI=1S/C9H8FN/c1-6-7-4-5-11-9(7)3-2-8(6)10/h2-5,11H,1H3. The molecule has 0 radical (unpaired) electrons. The van der Waals surface area contributed by atoms with E-state index in [0.717, 1.165) is 10.9 Å². The molecule has 2 heteroatoms. The van der Waals surface area contributed by atoms with E-state index in [9.17, 15) is 4.39 Å². The average Bonchev–Trinajstić information content (AvgIpc) is 2.45. The molecule has 2 aromatic rings. The third kappa shape index (κ3) is 0.827. The van der Waals surface area contributed by atoms with Crippen LogP contribution in [0.3, 0.4) is 0 Å². The van der Waals surface area contributed by atoms with Gasteiger partial charge in [-0.3, -0.25) is 0 Å². The summed E-state index contributed by atoms with van der Waals surface area (Å²) in [5, 5.41) is 0.963. The van der Waals surface area contributed by atoms with Gasteiger partial charge in [0.2, 0.25) is 0 Å². The fourth-order valence-electron chi connectivity index (χ4n) is 1.26. The Bertz CT molecular complexity index is 389. The third-order valence-electron chi connectivity index (χ3n) is 1.94. The average molecular weight is 149 g/mol. The Hall–Kier alpha value is -1.31. The van der Waals surface area contributed by atoms with Crippen LogP contribution in [-0.4, -0.2) is 4.98 Å². The van der Waals surface area contributed by atoms with Gasteiger partial charge in [0.1, 0.15) is 5.82 Å². The van der Waals surface area contributed by atoms with Crippen molar-refractivity contribution in [3.63, 3.8) is 0 Å². The Labute approximate surface area is 63.9 Å². The highest BCUT2D eigenvalue weighted by Gasteiger charge is 2.01. The van der Waals surface area contributed by atoms with Crippen molar-refractivity contribution in [1.29, 1.82) is 0 Å². The molecule has 1 aromatic heterocycles. The molecule has 56 valence electrons. The van der Waals surface area contributed by atoms with Gasteiger partial charge in [0.15, 0.2) is 0 Å². The van der Waals surface area contributed by atoms with Crippen LogP contribution in [0.4, 0.5) is 4.39 Å². The van der Waals surface area contributed by atoms with E-state index in [2.05, 4.69) is 4.98 Å². The number of aromatic nitrogens is 1. The van der Waals surface area contributed by atoms with E-state index in [0.29, 0.717) is 5.56 Å². The second-order valence-electron chi connectivity index (χ2n) is 2.61. The van der Waals surface area contributed by atoms with Crippen LogP contribution < -0.4 is 0 Å². The summed E-state index contributed by atoms with van der Waals surface area (Å²) >= 11 is 0. The van der Waals surface area contributed by atoms with Gasteiger partial charge in [-0.05, 0) is 30.7 Å². The number of hydrogen-bond acceptors (Lipinski definition) is 0. The normalized spacial score (nSPS) is 10.7. The monoisotopic (exact) mass is 149 g/mol. The van der Waals surface area contributed by atoms with E-state index in [1.807, 2.05) is 12.3 Å². The fraction of sp³-hybridized carbons (Fsp3) is 0.111. The van der Waals surface area contributed by atoms with Crippen LogP contribution in [0.25, 0.3) is 10.9 Å². The Morgan fingerprint density at radius 3 is 2.91 bits per heavy atom. The molecule has 0 saturated carbocycles. The lowest BCUT2D eigenvalue weighted by Gasteiger charge is -1.96. The summed E-state index contributed by atoms with van der Waals surface area (Å²) in [7, 11) is 0. The quantitative estimate of drug-likeness (QED) is 0.592. The van der Waals surface area contributed by atoms with Gasteiger partial charge in [-0.15, -0.1) is 0 Å². The second kappa shape index (κ2) is 2.09. The number of hydrogen-bond donors (Lipinski definition) is 1. The van der Waals surface area contributed by atoms with Gasteiger partial charge >= 0.3 is 0 Å². The molecule has 1 heterocycles. The molecular formula is C9H8FN. The number of benzene rings is 1. The summed E-state index contributed by atoms with van der Waals surface area (Å²) in [6.07, 6.45) is 1.82. The van der Waals surface area contributed by atoms with Gasteiger partial charge in [-0.2, -0.15) is 0 Å². The molecule has 0 aliphatic carbocycles. The van der Waals surface area contributed by atoms with Gasteiger partial charge in [0, 0.05) is 17.1 Å². The predicted octanol–water partition coefficient (Wildman–Crippen LogP) is 2.62. The highest BCUT2D eigenvalue weighted by Crippen LogP contribution is 2.18. The summed E-state index contributed by atoms with van der Waals surface area (Å²) in [5.74, 6) is -0.142. The first-order chi connectivity index (χ1) is 5.29. The maximum absolute atomic E-state index is 12.9. The lowest BCUT2D eigenvalue weighted by molar-refractivity contribution is 0.621. The van der Waals surface area contributed by atoms with Gasteiger partial charge in [0.05, 0.1) is 0 Å². The van der Waals surface area contributed by atoms with Crippen LogP contribution >= 0.6 is 0 Å². The topological polar surface area (TPSA) is 15.8 Å². The van der Waals surface area contributed by atoms with Crippen LogP contribution in [0.2, 0.25) is 0 Å². The summed E-state index contributed by atoms with van der Waals surface area (Å²) in [6, 6.07) is 5.11. The maximum atomic E-state index is 12.9. The lowest BCUT2D eigenvalue weighted by atomic mass is 10.1. The van der Waals surface area contributed by atoms with Gasteiger partial charge in [0.25, 0.3) is 0 Å². The number of fused-ring (bicyclic) bond motifs is 1. The number of aryl methyl sites for hydroxylation is 1. The first-order valence-electron chi connectivity index (χ1n) is 3.51. The summed E-state index contributed by atoms with van der Waals surface area (Å²) < 4.78 is 12.9. The molecular weight excluding hydrogens is 141 g/mol. The second-order valence-corrected chi connectivity index (χ2v) is 2.61. The van der Waals surface area contributed by atoms with Crippen molar-refractivity contribution in [2.24, 2.45) is 0 Å². The molecule has 0 saturated heterocycles. The molecule has 1 N–H and O–H groups in total. The van der Waals surface area contributed by atoms with Crippen LogP contribution in [0, 0.1) is 12.7 Å². The zero-order valence-electron chi connectivity index (χ0n) is 6.19. The third-order valence-corrected chi connectivity index (χ3v) is 1.94. The summed E-state index contributed by atoms with van der Waals surface area (Å²) in [4.78, 5) is 3.02. The molecule has 0 bridgehead atoms. The molecule has 2 rings (SSSR count). The minimum absolute atomic E-state index is 0.142. The van der Waals surface area contributed by atoms with Crippen LogP contribution in [0.15, 0.2) is 24.4 Å². The zero-order chi connectivity index (χ0) is 7.84. The summed E-state index contributed by atoms with van der Waals surface area (Å²) in [6.45, 7) is 1.78. The molecule has 0 amide bonds. The molecule has 0 unspecified atom stereocenters. The Morgan fingerprint density at radius 1 is 1.27 bits per heavy atom. The lowest BCUT2D eigenvalue weighted by Crippen LogP contribution is -1.81. The molecule has 0 spiro atoms. The first-order valence-corrected chi connectivity index (χ1v) is 3.51. The van der Waals surface area contributed by atoms with E-state index in [-0.39, 0.29) is 5.82 Å². The molecule has 11 heavy (non-hydrogen) atoms. The van der Waals surface area contributed by atoms with Crippen LogP contribution in [0.1, 0.15) is 5.56 Å². The largest absolute Gasteiger partial charge is 0.361 e. The van der Waals surface area contributed by atoms with Crippen molar-refractivity contribution in [1.82, 2.24) is 4.98 Å². The Kier molecular flexibility index (Phi) is 1.22. The van der Waals surface area contributed by atoms with Crippen molar-refractivity contribution in [2.45, 2.75) is 6.92 Å². The summed E-state index contributed by atoms with van der Waals surface area (Å²) in [5.41, 5.74) is 1.70. The Balaban J connectivity index is 2.93. The van der Waals surface area contributed by atoms with E-state index in [1.54, 1.807) is 13.0 Å². The van der Waals surface area contributed by atoms with Crippen molar-refractivity contribution in [2.75, 3.05) is 0 Å². The van der Waals surface area contributed by atoms with E-state index >= 15 is 0 Å². The van der Waals surface area contributed by atoms with Gasteiger partial charge in [-0.25, -0.2) is 4.39 Å². The first kappa shape index (κ1) is 6.40. The van der Waals surface area contributed by atoms with Crippen molar-refractivity contribution in [3.8, 4) is 0 Å². The highest BCUT2D eigenvalue weighted by atomic mass is 19.1. The van der Waals surface area contributed by atoms with Gasteiger partial charge in [-0.1, -0.05) is 0 Å².